The van der Waals surface area contributed by atoms with Gasteiger partial charge in [0.2, 0.25) is 0 Å². The van der Waals surface area contributed by atoms with Gasteiger partial charge in [-0.25, -0.2) is 13.9 Å². The number of thiophene rings is 1. The van der Waals surface area contributed by atoms with Crippen LogP contribution in [-0.2, 0) is 9.53 Å². The molecule has 0 atom stereocenters. The summed E-state index contributed by atoms with van der Waals surface area (Å²) in [4.78, 5) is 25.6. The van der Waals surface area contributed by atoms with E-state index in [0.29, 0.717) is 9.90 Å². The lowest BCUT2D eigenvalue weighted by Crippen LogP contribution is -2.20. The second-order valence-electron chi connectivity index (χ2n) is 6.55. The molecule has 1 amide bonds. The lowest BCUT2D eigenvalue weighted by atomic mass is 10.3. The number of carbonyl (C=O) groups is 2. The molecule has 0 bridgehead atoms. The minimum absolute atomic E-state index is 0.0476. The van der Waals surface area contributed by atoms with Gasteiger partial charge in [0.25, 0.3) is 5.91 Å². The zero-order valence-electron chi connectivity index (χ0n) is 16.0. The second-order valence-corrected chi connectivity index (χ2v) is 8.43. The molecule has 2 aromatic carbocycles. The van der Waals surface area contributed by atoms with Crippen molar-refractivity contribution in [2.75, 3.05) is 11.9 Å². The maximum atomic E-state index is 13.1. The number of amides is 1. The predicted octanol–water partition coefficient (Wildman–Crippen LogP) is 5.64. The highest BCUT2D eigenvalue weighted by molar-refractivity contribution is 7.20. The van der Waals surface area contributed by atoms with Gasteiger partial charge in [0.15, 0.2) is 6.61 Å². The summed E-state index contributed by atoms with van der Waals surface area (Å²) < 4.78 is 19.9. The fourth-order valence-electron chi connectivity index (χ4n) is 2.88. The number of aryl methyl sites for hydroxylation is 1. The molecule has 0 spiro atoms. The number of anilines is 1. The minimum Gasteiger partial charge on any atom is -0.451 e. The Bertz CT molecular complexity index is 1300. The van der Waals surface area contributed by atoms with Gasteiger partial charge < -0.3 is 10.1 Å². The largest absolute Gasteiger partial charge is 0.451 e. The number of aromatic nitrogens is 2. The molecule has 0 aliphatic carbocycles. The number of esters is 1. The van der Waals surface area contributed by atoms with Crippen molar-refractivity contribution in [1.29, 1.82) is 0 Å². The molecule has 6 nitrogen and oxygen atoms in total. The highest BCUT2D eigenvalue weighted by Crippen LogP contribution is 2.31. The Morgan fingerprint density at radius 2 is 1.90 bits per heavy atom. The first kappa shape index (κ1) is 21.3. The van der Waals surface area contributed by atoms with E-state index in [2.05, 4.69) is 10.4 Å². The third kappa shape index (κ3) is 4.56. The molecule has 0 unspecified atom stereocenters. The Kier molecular flexibility index (Phi) is 5.95. The Labute approximate surface area is 190 Å². The van der Waals surface area contributed by atoms with Crippen LogP contribution < -0.4 is 5.32 Å². The van der Waals surface area contributed by atoms with Crippen molar-refractivity contribution in [2.24, 2.45) is 0 Å². The molecule has 0 aliphatic rings. The molecule has 0 saturated carbocycles. The molecule has 0 aliphatic heterocycles. The van der Waals surface area contributed by atoms with E-state index in [1.54, 1.807) is 22.9 Å². The highest BCUT2D eigenvalue weighted by Gasteiger charge is 2.19. The first-order valence-electron chi connectivity index (χ1n) is 8.99. The summed E-state index contributed by atoms with van der Waals surface area (Å²) in [7, 11) is 0. The predicted molar refractivity (Wildman–Crippen MR) is 119 cm³/mol. The zero-order valence-corrected chi connectivity index (χ0v) is 18.3. The third-order valence-corrected chi connectivity index (χ3v) is 6.01. The molecule has 0 radical (unpaired) electrons. The fourth-order valence-corrected chi connectivity index (χ4v) is 4.30. The number of hydrogen-bond acceptors (Lipinski definition) is 5. The lowest BCUT2D eigenvalue weighted by Gasteiger charge is -2.07. The van der Waals surface area contributed by atoms with Gasteiger partial charge in [-0.3, -0.25) is 4.79 Å². The van der Waals surface area contributed by atoms with E-state index in [-0.39, 0.29) is 10.7 Å². The molecule has 10 heteroatoms. The minimum atomic E-state index is -0.636. The van der Waals surface area contributed by atoms with Crippen LogP contribution in [0.2, 0.25) is 10.0 Å². The van der Waals surface area contributed by atoms with Gasteiger partial charge in [-0.15, -0.1) is 11.3 Å². The summed E-state index contributed by atoms with van der Waals surface area (Å²) in [6.45, 7) is 1.33. The van der Waals surface area contributed by atoms with Gasteiger partial charge in [-0.1, -0.05) is 23.2 Å². The molecule has 0 saturated heterocycles. The van der Waals surface area contributed by atoms with Crippen LogP contribution in [0.25, 0.3) is 15.9 Å². The van der Waals surface area contributed by atoms with Crippen molar-refractivity contribution < 1.29 is 18.7 Å². The number of fused-ring (bicyclic) bond motifs is 1. The van der Waals surface area contributed by atoms with Crippen LogP contribution in [0.1, 0.15) is 15.4 Å². The molecule has 4 aromatic rings. The van der Waals surface area contributed by atoms with Crippen LogP contribution in [0.4, 0.5) is 10.1 Å². The van der Waals surface area contributed by atoms with Crippen molar-refractivity contribution in [3.8, 4) is 5.69 Å². The van der Waals surface area contributed by atoms with Crippen LogP contribution in [-0.4, -0.2) is 28.3 Å². The standard InChI is InChI=1S/C21H14Cl2FN3O3S/c1-11-15-9-18(31-20(15)27(26-11)14-5-2-12(22)3-6-14)21(29)30-10-19(28)25-17-7-4-13(24)8-16(17)23/h2-9H,10H2,1H3,(H,25,28). The van der Waals surface area contributed by atoms with Gasteiger partial charge in [0.05, 0.1) is 22.1 Å². The van der Waals surface area contributed by atoms with E-state index in [9.17, 15) is 14.0 Å². The quantitative estimate of drug-likeness (QED) is 0.377. The SMILES string of the molecule is Cc1nn(-c2ccc(Cl)cc2)c2sc(C(=O)OCC(=O)Nc3ccc(F)cc3Cl)cc12. The monoisotopic (exact) mass is 477 g/mol. The van der Waals surface area contributed by atoms with Crippen molar-refractivity contribution in [2.45, 2.75) is 6.92 Å². The van der Waals surface area contributed by atoms with E-state index in [4.69, 9.17) is 27.9 Å². The molecule has 2 aromatic heterocycles. The molecular formula is C21H14Cl2FN3O3S. The first-order valence-corrected chi connectivity index (χ1v) is 10.6. The van der Waals surface area contributed by atoms with Gasteiger partial charge in [0.1, 0.15) is 15.5 Å². The number of benzene rings is 2. The Hall–Kier alpha value is -2.94. The smallest absolute Gasteiger partial charge is 0.348 e. The summed E-state index contributed by atoms with van der Waals surface area (Å²) in [5.74, 6) is -1.75. The average Bonchev–Trinajstić information content (AvgIpc) is 3.30. The van der Waals surface area contributed by atoms with Gasteiger partial charge in [-0.05, 0) is 55.5 Å². The number of rotatable bonds is 5. The summed E-state index contributed by atoms with van der Waals surface area (Å²) >= 11 is 13.0. The van der Waals surface area contributed by atoms with Crippen molar-refractivity contribution in [1.82, 2.24) is 9.78 Å². The average molecular weight is 478 g/mol. The number of nitrogens with zero attached hydrogens (tertiary/aromatic N) is 2. The van der Waals surface area contributed by atoms with Gasteiger partial charge >= 0.3 is 5.97 Å². The molecule has 2 heterocycles. The van der Waals surface area contributed by atoms with Crippen molar-refractivity contribution >= 4 is 62.3 Å². The lowest BCUT2D eigenvalue weighted by molar-refractivity contribution is -0.119. The van der Waals surface area contributed by atoms with Crippen LogP contribution in [0.5, 0.6) is 0 Å². The molecule has 4 rings (SSSR count). The number of halogens is 3. The summed E-state index contributed by atoms with van der Waals surface area (Å²) in [5.41, 5.74) is 1.79. The Morgan fingerprint density at radius 1 is 1.16 bits per heavy atom. The van der Waals surface area contributed by atoms with Crippen LogP contribution in [0.3, 0.4) is 0 Å². The van der Waals surface area contributed by atoms with Crippen molar-refractivity contribution in [3.63, 3.8) is 0 Å². The van der Waals surface area contributed by atoms with E-state index in [0.717, 1.165) is 33.7 Å². The second kappa shape index (κ2) is 8.66. The number of carbonyl (C=O) groups excluding carboxylic acids is 2. The molecule has 158 valence electrons. The summed E-state index contributed by atoms with van der Waals surface area (Å²) in [6.07, 6.45) is 0. The number of hydrogen-bond donors (Lipinski definition) is 1. The molecule has 1 N–H and O–H groups in total. The molecule has 31 heavy (non-hydrogen) atoms. The van der Waals surface area contributed by atoms with Gasteiger partial charge in [-0.2, -0.15) is 5.10 Å². The van der Waals surface area contributed by atoms with Crippen molar-refractivity contribution in [3.05, 3.63) is 75.0 Å². The van der Waals surface area contributed by atoms with Gasteiger partial charge in [0, 0.05) is 10.4 Å². The Morgan fingerprint density at radius 3 is 2.61 bits per heavy atom. The van der Waals surface area contributed by atoms with E-state index < -0.39 is 24.3 Å². The summed E-state index contributed by atoms with van der Waals surface area (Å²) in [6, 6.07) is 12.4. The summed E-state index contributed by atoms with van der Waals surface area (Å²) in [5, 5.41) is 8.46. The highest BCUT2D eigenvalue weighted by atomic mass is 35.5. The third-order valence-electron chi connectivity index (χ3n) is 4.36. The maximum Gasteiger partial charge on any atom is 0.348 e. The Balaban J connectivity index is 1.47. The normalized spacial score (nSPS) is 11.0. The van der Waals surface area contributed by atoms with E-state index in [1.165, 1.54) is 17.4 Å². The van der Waals surface area contributed by atoms with Crippen LogP contribution in [0.15, 0.2) is 48.5 Å². The topological polar surface area (TPSA) is 73.2 Å². The number of ether oxygens (including phenoxy) is 1. The molecular weight excluding hydrogens is 464 g/mol. The zero-order chi connectivity index (χ0) is 22.1. The first-order chi connectivity index (χ1) is 14.8. The molecule has 0 fully saturated rings. The maximum absolute atomic E-state index is 13.1. The fraction of sp³-hybridized carbons (Fsp3) is 0.0952. The van der Waals surface area contributed by atoms with E-state index in [1.807, 2.05) is 19.1 Å². The van der Waals surface area contributed by atoms with E-state index >= 15 is 0 Å². The van der Waals surface area contributed by atoms with Crippen LogP contribution in [0, 0.1) is 12.7 Å². The van der Waals surface area contributed by atoms with Crippen LogP contribution >= 0.6 is 34.5 Å². The number of nitrogens with one attached hydrogen (secondary N) is 1.